The topological polar surface area (TPSA) is 52.6 Å². The summed E-state index contributed by atoms with van der Waals surface area (Å²) >= 11 is 0. The van der Waals surface area contributed by atoms with Crippen LogP contribution < -0.4 is 18.9 Å². The SMILES string of the molecule is COc1cc(OC)cc(C2CCCN(C[C@H](O[C@@H](CN3CCCC(c4cc(OC)cc(OC)c4)C3)C(F)(F)F)C(F)(F)F)C2)c1. The van der Waals surface area contributed by atoms with Gasteiger partial charge in [0.15, 0.2) is 12.2 Å². The van der Waals surface area contributed by atoms with E-state index in [2.05, 4.69) is 0 Å². The van der Waals surface area contributed by atoms with Crippen molar-refractivity contribution >= 4 is 0 Å². The van der Waals surface area contributed by atoms with Crippen molar-refractivity contribution in [3.63, 3.8) is 0 Å². The van der Waals surface area contributed by atoms with Gasteiger partial charge in [0.05, 0.1) is 28.4 Å². The van der Waals surface area contributed by atoms with Gasteiger partial charge in [0.1, 0.15) is 23.0 Å². The Morgan fingerprint density at radius 3 is 1.22 bits per heavy atom. The minimum Gasteiger partial charge on any atom is -0.497 e. The van der Waals surface area contributed by atoms with E-state index in [1.165, 1.54) is 28.4 Å². The molecule has 4 atom stereocenters. The second kappa shape index (κ2) is 15.1. The summed E-state index contributed by atoms with van der Waals surface area (Å²) in [7, 11) is 6.03. The van der Waals surface area contributed by atoms with E-state index in [1.807, 2.05) is 24.3 Å². The highest BCUT2D eigenvalue weighted by molar-refractivity contribution is 5.41. The smallest absolute Gasteiger partial charge is 0.415 e. The summed E-state index contributed by atoms with van der Waals surface area (Å²) < 4.78 is 112. The highest BCUT2D eigenvalue weighted by Gasteiger charge is 2.50. The minimum atomic E-state index is -4.99. The van der Waals surface area contributed by atoms with Crippen LogP contribution in [0.1, 0.15) is 48.6 Å². The standard InChI is InChI=1S/C32H42F6N2O5/c1-41-25-11-23(12-26(15-25)42-2)21-7-5-9-39(17-21)19-29(31(33,34)35)45-30(32(36,37)38)20-40-10-6-8-22(18-40)24-13-27(43-3)16-28(14-24)44-4/h11-16,21-22,29-30H,5-10,17-20H2,1-4H3/t21?,22?,29-,30-/m0/s1. The monoisotopic (exact) mass is 648 g/mol. The Labute approximate surface area is 260 Å². The third-order valence-corrected chi connectivity index (χ3v) is 8.61. The number of halogens is 6. The van der Waals surface area contributed by atoms with E-state index in [1.54, 1.807) is 21.9 Å². The zero-order chi connectivity index (χ0) is 32.8. The third kappa shape index (κ3) is 9.55. The number of hydrogen-bond donors (Lipinski definition) is 0. The Bertz CT molecular complexity index is 1110. The Morgan fingerprint density at radius 2 is 0.933 bits per heavy atom. The van der Waals surface area contributed by atoms with Crippen molar-refractivity contribution in [2.45, 2.75) is 62.1 Å². The van der Waals surface area contributed by atoms with Crippen LogP contribution in [-0.4, -0.2) is 102 Å². The van der Waals surface area contributed by atoms with Gasteiger partial charge in [-0.15, -0.1) is 0 Å². The molecule has 0 N–H and O–H groups in total. The fourth-order valence-electron chi connectivity index (χ4n) is 6.23. The number of hydrogen-bond acceptors (Lipinski definition) is 7. The van der Waals surface area contributed by atoms with E-state index in [0.29, 0.717) is 61.8 Å². The first-order chi connectivity index (χ1) is 21.3. The summed E-state index contributed by atoms with van der Waals surface area (Å²) in [4.78, 5) is 3.08. The number of rotatable bonds is 12. The Kier molecular flexibility index (Phi) is 11.8. The van der Waals surface area contributed by atoms with Crippen molar-refractivity contribution in [2.24, 2.45) is 0 Å². The molecule has 0 saturated carbocycles. The first kappa shape index (κ1) is 35.0. The Balaban J connectivity index is 1.46. The molecule has 2 unspecified atom stereocenters. The Hall–Kier alpha value is -2.90. The fourth-order valence-corrected chi connectivity index (χ4v) is 6.23. The largest absolute Gasteiger partial charge is 0.497 e. The van der Waals surface area contributed by atoms with Crippen molar-refractivity contribution in [2.75, 3.05) is 67.7 Å². The van der Waals surface area contributed by atoms with Gasteiger partial charge in [-0.1, -0.05) is 0 Å². The number of alkyl halides is 6. The molecule has 2 aliphatic heterocycles. The van der Waals surface area contributed by atoms with Gasteiger partial charge in [-0.3, -0.25) is 9.80 Å². The summed E-state index contributed by atoms with van der Waals surface area (Å²) in [6, 6.07) is 10.6. The molecule has 0 spiro atoms. The molecule has 0 amide bonds. The maximum absolute atomic E-state index is 14.3. The molecule has 2 aliphatic rings. The van der Waals surface area contributed by atoms with E-state index in [9.17, 15) is 26.3 Å². The molecule has 2 aromatic carbocycles. The molecule has 45 heavy (non-hydrogen) atoms. The maximum atomic E-state index is 14.3. The normalized spacial score (nSPS) is 21.6. The number of ether oxygens (including phenoxy) is 5. The average Bonchev–Trinajstić information content (AvgIpc) is 3.02. The van der Waals surface area contributed by atoms with Crippen molar-refractivity contribution < 1.29 is 50.0 Å². The Morgan fingerprint density at radius 1 is 0.600 bits per heavy atom. The van der Waals surface area contributed by atoms with Gasteiger partial charge < -0.3 is 23.7 Å². The maximum Gasteiger partial charge on any atom is 0.415 e. The van der Waals surface area contributed by atoms with E-state index in [-0.39, 0.29) is 24.9 Å². The molecule has 0 aliphatic carbocycles. The summed E-state index contributed by atoms with van der Waals surface area (Å²) in [6.07, 6.45) is -12.6. The highest BCUT2D eigenvalue weighted by atomic mass is 19.4. The molecule has 2 fully saturated rings. The van der Waals surface area contributed by atoms with Crippen LogP contribution in [0.3, 0.4) is 0 Å². The molecule has 7 nitrogen and oxygen atoms in total. The van der Waals surface area contributed by atoms with Gasteiger partial charge in [-0.25, -0.2) is 0 Å². The first-order valence-electron chi connectivity index (χ1n) is 15.0. The third-order valence-electron chi connectivity index (χ3n) is 8.61. The van der Waals surface area contributed by atoms with Gasteiger partial charge in [0.2, 0.25) is 0 Å². The van der Waals surface area contributed by atoms with Gasteiger partial charge in [-0.2, -0.15) is 26.3 Å². The fraction of sp³-hybridized carbons (Fsp3) is 0.625. The van der Waals surface area contributed by atoms with Gasteiger partial charge in [0, 0.05) is 38.3 Å². The van der Waals surface area contributed by atoms with E-state index in [0.717, 1.165) is 11.1 Å². The van der Waals surface area contributed by atoms with Crippen LogP contribution in [0.2, 0.25) is 0 Å². The number of likely N-dealkylation sites (tertiary alicyclic amines) is 2. The molecule has 4 rings (SSSR count). The first-order valence-corrected chi connectivity index (χ1v) is 15.0. The second-order valence-electron chi connectivity index (χ2n) is 11.7. The van der Waals surface area contributed by atoms with Crippen molar-refractivity contribution in [3.05, 3.63) is 47.5 Å². The molecule has 2 heterocycles. The molecule has 252 valence electrons. The van der Waals surface area contributed by atoms with Crippen LogP contribution in [0, 0.1) is 0 Å². The lowest BCUT2D eigenvalue weighted by Gasteiger charge is -2.39. The van der Waals surface area contributed by atoms with Crippen LogP contribution >= 0.6 is 0 Å². The quantitative estimate of drug-likeness (QED) is 0.239. The number of nitrogens with zero attached hydrogens (tertiary/aromatic N) is 2. The molecule has 13 heteroatoms. The summed E-state index contributed by atoms with van der Waals surface area (Å²) in [6.45, 7) is -0.272. The zero-order valence-corrected chi connectivity index (χ0v) is 26.0. The summed E-state index contributed by atoms with van der Waals surface area (Å²) in [5, 5.41) is 0. The highest BCUT2D eigenvalue weighted by Crippen LogP contribution is 2.37. The van der Waals surface area contributed by atoms with Crippen molar-refractivity contribution in [3.8, 4) is 23.0 Å². The lowest BCUT2D eigenvalue weighted by molar-refractivity contribution is -0.290. The lowest BCUT2D eigenvalue weighted by atomic mass is 9.90. The lowest BCUT2D eigenvalue weighted by Crippen LogP contribution is -2.52. The molecule has 0 radical (unpaired) electrons. The molecule has 2 aromatic rings. The molecular weight excluding hydrogens is 606 g/mol. The molecular formula is C32H42F6N2O5. The van der Waals surface area contributed by atoms with E-state index < -0.39 is 37.7 Å². The predicted octanol–water partition coefficient (Wildman–Crippen LogP) is 6.66. The number of piperidine rings is 2. The van der Waals surface area contributed by atoms with Crippen molar-refractivity contribution in [1.82, 2.24) is 9.80 Å². The summed E-state index contributed by atoms with van der Waals surface area (Å²) in [5.41, 5.74) is 1.67. The van der Waals surface area contributed by atoms with Crippen molar-refractivity contribution in [1.29, 1.82) is 0 Å². The van der Waals surface area contributed by atoms with E-state index in [4.69, 9.17) is 23.7 Å². The van der Waals surface area contributed by atoms with E-state index >= 15 is 0 Å². The molecule has 0 aromatic heterocycles. The molecule has 0 bridgehead atoms. The van der Waals surface area contributed by atoms with Crippen LogP contribution in [0.5, 0.6) is 23.0 Å². The number of benzene rings is 2. The van der Waals surface area contributed by atoms with Crippen LogP contribution in [0.25, 0.3) is 0 Å². The van der Waals surface area contributed by atoms with Crippen LogP contribution in [-0.2, 0) is 4.74 Å². The zero-order valence-electron chi connectivity index (χ0n) is 26.0. The minimum absolute atomic E-state index is 0.143. The number of methoxy groups -OCH3 is 4. The van der Waals surface area contributed by atoms with Crippen LogP contribution in [0.4, 0.5) is 26.3 Å². The average molecular weight is 649 g/mol. The van der Waals surface area contributed by atoms with Crippen LogP contribution in [0.15, 0.2) is 36.4 Å². The predicted molar refractivity (Wildman–Crippen MR) is 157 cm³/mol. The second-order valence-corrected chi connectivity index (χ2v) is 11.7. The van der Waals surface area contributed by atoms with Gasteiger partial charge in [0.25, 0.3) is 0 Å². The van der Waals surface area contributed by atoms with Gasteiger partial charge in [-0.05, 0) is 86.0 Å². The summed E-state index contributed by atoms with van der Waals surface area (Å²) in [5.74, 6) is 1.92. The van der Waals surface area contributed by atoms with Gasteiger partial charge >= 0.3 is 12.4 Å². The molecule has 2 saturated heterocycles.